The first kappa shape index (κ1) is 12.0. The molecule has 0 saturated heterocycles. The van der Waals surface area contributed by atoms with Crippen molar-refractivity contribution in [2.24, 2.45) is 5.73 Å². The summed E-state index contributed by atoms with van der Waals surface area (Å²) < 4.78 is 4.56. The second-order valence-corrected chi connectivity index (χ2v) is 3.76. The van der Waals surface area contributed by atoms with Gasteiger partial charge in [-0.05, 0) is 30.5 Å². The Balaban J connectivity index is 2.81. The highest BCUT2D eigenvalue weighted by molar-refractivity contribution is 6.31. The van der Waals surface area contributed by atoms with Gasteiger partial charge in [0.1, 0.15) is 6.04 Å². The maximum Gasteiger partial charge on any atom is 0.322 e. The molecule has 1 rings (SSSR count). The number of hydrogen-bond acceptors (Lipinski definition) is 3. The van der Waals surface area contributed by atoms with Crippen LogP contribution < -0.4 is 5.73 Å². The molecule has 0 aliphatic carbocycles. The Kier molecular flexibility index (Phi) is 4.12. The standard InChI is InChI=1S/C11H14ClNO2/c1-7-8(4-3-5-9(7)12)6-10(13)11(14)15-2/h3-5,10H,6,13H2,1-2H3. The molecule has 0 saturated carbocycles. The molecule has 15 heavy (non-hydrogen) atoms. The minimum atomic E-state index is -0.632. The van der Waals surface area contributed by atoms with E-state index in [0.717, 1.165) is 11.1 Å². The van der Waals surface area contributed by atoms with Crippen molar-refractivity contribution in [2.75, 3.05) is 7.11 Å². The first-order valence-corrected chi connectivity index (χ1v) is 5.01. The van der Waals surface area contributed by atoms with Crippen LogP contribution >= 0.6 is 11.6 Å². The average molecular weight is 228 g/mol. The summed E-state index contributed by atoms with van der Waals surface area (Å²) in [7, 11) is 1.33. The smallest absolute Gasteiger partial charge is 0.322 e. The van der Waals surface area contributed by atoms with Crippen molar-refractivity contribution in [3.63, 3.8) is 0 Å². The van der Waals surface area contributed by atoms with E-state index < -0.39 is 12.0 Å². The van der Waals surface area contributed by atoms with Gasteiger partial charge in [0, 0.05) is 5.02 Å². The molecule has 82 valence electrons. The van der Waals surface area contributed by atoms with E-state index in [0.29, 0.717) is 11.4 Å². The van der Waals surface area contributed by atoms with Gasteiger partial charge in [-0.1, -0.05) is 23.7 Å². The quantitative estimate of drug-likeness (QED) is 0.800. The summed E-state index contributed by atoms with van der Waals surface area (Å²) in [6, 6.07) is 4.93. The molecule has 1 aromatic carbocycles. The number of nitrogens with two attached hydrogens (primary N) is 1. The van der Waals surface area contributed by atoms with E-state index in [9.17, 15) is 4.79 Å². The van der Waals surface area contributed by atoms with E-state index >= 15 is 0 Å². The van der Waals surface area contributed by atoms with Gasteiger partial charge in [-0.3, -0.25) is 4.79 Å². The van der Waals surface area contributed by atoms with E-state index in [4.69, 9.17) is 17.3 Å². The molecule has 0 aliphatic heterocycles. The lowest BCUT2D eigenvalue weighted by molar-refractivity contribution is -0.142. The molecule has 0 bridgehead atoms. The minimum Gasteiger partial charge on any atom is -0.468 e. The zero-order valence-corrected chi connectivity index (χ0v) is 9.54. The molecule has 0 fully saturated rings. The third-order valence-corrected chi connectivity index (χ3v) is 2.73. The molecule has 0 aliphatic rings. The molecule has 1 atom stereocenters. The van der Waals surface area contributed by atoms with Gasteiger partial charge in [-0.2, -0.15) is 0 Å². The van der Waals surface area contributed by atoms with E-state index in [-0.39, 0.29) is 0 Å². The van der Waals surface area contributed by atoms with Crippen LogP contribution in [0.15, 0.2) is 18.2 Å². The second kappa shape index (κ2) is 5.14. The summed E-state index contributed by atoms with van der Waals surface area (Å²) in [5.41, 5.74) is 7.59. The summed E-state index contributed by atoms with van der Waals surface area (Å²) in [6.07, 6.45) is 0.444. The number of methoxy groups -OCH3 is 1. The monoisotopic (exact) mass is 227 g/mol. The van der Waals surface area contributed by atoms with Gasteiger partial charge in [0.15, 0.2) is 0 Å². The maximum atomic E-state index is 11.1. The fourth-order valence-electron chi connectivity index (χ4n) is 1.34. The lowest BCUT2D eigenvalue weighted by atomic mass is 10.0. The summed E-state index contributed by atoms with van der Waals surface area (Å²) in [6.45, 7) is 1.90. The molecule has 0 spiro atoms. The Bertz CT molecular complexity index is 366. The largest absolute Gasteiger partial charge is 0.468 e. The van der Waals surface area contributed by atoms with Gasteiger partial charge in [0.25, 0.3) is 0 Å². The third-order valence-electron chi connectivity index (χ3n) is 2.32. The maximum absolute atomic E-state index is 11.1. The van der Waals surface area contributed by atoms with Gasteiger partial charge >= 0.3 is 5.97 Å². The number of halogens is 1. The topological polar surface area (TPSA) is 52.3 Å². The molecule has 3 nitrogen and oxygen atoms in total. The van der Waals surface area contributed by atoms with Crippen LogP contribution in [0, 0.1) is 6.92 Å². The van der Waals surface area contributed by atoms with Crippen LogP contribution in [-0.4, -0.2) is 19.1 Å². The van der Waals surface area contributed by atoms with Gasteiger partial charge < -0.3 is 10.5 Å². The van der Waals surface area contributed by atoms with E-state index in [2.05, 4.69) is 4.74 Å². The third kappa shape index (κ3) is 2.94. The number of esters is 1. The molecule has 1 unspecified atom stereocenters. The minimum absolute atomic E-state index is 0.408. The van der Waals surface area contributed by atoms with E-state index in [1.165, 1.54) is 7.11 Å². The van der Waals surface area contributed by atoms with Crippen molar-refractivity contribution < 1.29 is 9.53 Å². The van der Waals surface area contributed by atoms with Crippen molar-refractivity contribution in [1.29, 1.82) is 0 Å². The van der Waals surface area contributed by atoms with Crippen molar-refractivity contribution >= 4 is 17.6 Å². The van der Waals surface area contributed by atoms with Crippen LogP contribution in [0.5, 0.6) is 0 Å². The molecule has 0 heterocycles. The Hall–Kier alpha value is -1.06. The number of carbonyl (C=O) groups excluding carboxylic acids is 1. The number of rotatable bonds is 3. The molecule has 1 aromatic rings. The summed E-state index contributed by atoms with van der Waals surface area (Å²) in [4.78, 5) is 11.1. The summed E-state index contributed by atoms with van der Waals surface area (Å²) in [5.74, 6) is -0.408. The zero-order valence-electron chi connectivity index (χ0n) is 8.79. The first-order chi connectivity index (χ1) is 7.06. The van der Waals surface area contributed by atoms with Gasteiger partial charge in [0.2, 0.25) is 0 Å². The highest BCUT2D eigenvalue weighted by atomic mass is 35.5. The molecule has 0 aromatic heterocycles. The number of ether oxygens (including phenoxy) is 1. The zero-order chi connectivity index (χ0) is 11.4. The number of hydrogen-bond donors (Lipinski definition) is 1. The van der Waals surface area contributed by atoms with Crippen LogP contribution in [0.25, 0.3) is 0 Å². The molecule has 2 N–H and O–H groups in total. The molecule has 0 radical (unpaired) electrons. The van der Waals surface area contributed by atoms with Crippen LogP contribution in [-0.2, 0) is 16.0 Å². The number of benzene rings is 1. The number of carbonyl (C=O) groups is 1. The van der Waals surface area contributed by atoms with Crippen LogP contribution in [0.4, 0.5) is 0 Å². The van der Waals surface area contributed by atoms with Gasteiger partial charge in [-0.25, -0.2) is 0 Å². The predicted octanol–water partition coefficient (Wildman–Crippen LogP) is 1.69. The van der Waals surface area contributed by atoms with Crippen molar-refractivity contribution in [2.45, 2.75) is 19.4 Å². The van der Waals surface area contributed by atoms with Gasteiger partial charge in [0.05, 0.1) is 7.11 Å². The van der Waals surface area contributed by atoms with Crippen LogP contribution in [0.3, 0.4) is 0 Å². The fraction of sp³-hybridized carbons (Fsp3) is 0.364. The SMILES string of the molecule is COC(=O)C(N)Cc1cccc(Cl)c1C. The Morgan fingerprint density at radius 3 is 2.87 bits per heavy atom. The average Bonchev–Trinajstić information content (AvgIpc) is 2.23. The Morgan fingerprint density at radius 2 is 2.27 bits per heavy atom. The van der Waals surface area contributed by atoms with E-state index in [1.807, 2.05) is 25.1 Å². The van der Waals surface area contributed by atoms with E-state index in [1.54, 1.807) is 0 Å². The molecule has 0 amide bonds. The van der Waals surface area contributed by atoms with Crippen molar-refractivity contribution in [1.82, 2.24) is 0 Å². The van der Waals surface area contributed by atoms with Gasteiger partial charge in [-0.15, -0.1) is 0 Å². The lowest BCUT2D eigenvalue weighted by Gasteiger charge is -2.11. The summed E-state index contributed by atoms with van der Waals surface area (Å²) in [5, 5.41) is 0.685. The molecule has 4 heteroatoms. The molecular weight excluding hydrogens is 214 g/mol. The summed E-state index contributed by atoms with van der Waals surface area (Å²) >= 11 is 5.95. The predicted molar refractivity (Wildman–Crippen MR) is 59.9 cm³/mol. The highest BCUT2D eigenvalue weighted by Gasteiger charge is 2.15. The van der Waals surface area contributed by atoms with Crippen LogP contribution in [0.2, 0.25) is 5.02 Å². The van der Waals surface area contributed by atoms with Crippen LogP contribution in [0.1, 0.15) is 11.1 Å². The fourth-order valence-corrected chi connectivity index (χ4v) is 1.54. The van der Waals surface area contributed by atoms with Crippen molar-refractivity contribution in [3.05, 3.63) is 34.3 Å². The van der Waals surface area contributed by atoms with Crippen molar-refractivity contribution in [3.8, 4) is 0 Å². The Labute approximate surface area is 94.2 Å². The Morgan fingerprint density at radius 1 is 1.60 bits per heavy atom. The lowest BCUT2D eigenvalue weighted by Crippen LogP contribution is -2.33. The highest BCUT2D eigenvalue weighted by Crippen LogP contribution is 2.19. The molecular formula is C11H14ClNO2. The normalized spacial score (nSPS) is 12.3. The second-order valence-electron chi connectivity index (χ2n) is 3.36. The first-order valence-electron chi connectivity index (χ1n) is 4.63.